The number of anilines is 1. The van der Waals surface area contributed by atoms with Crippen molar-refractivity contribution in [3.05, 3.63) is 64.0 Å². The van der Waals surface area contributed by atoms with E-state index < -0.39 is 0 Å². The zero-order valence-corrected chi connectivity index (χ0v) is 13.3. The van der Waals surface area contributed by atoms with Crippen molar-refractivity contribution in [2.75, 3.05) is 5.32 Å². The molecule has 6 heteroatoms. The van der Waals surface area contributed by atoms with Crippen molar-refractivity contribution in [1.82, 2.24) is 10.2 Å². The van der Waals surface area contributed by atoms with Gasteiger partial charge in [0.2, 0.25) is 11.8 Å². The highest BCUT2D eigenvalue weighted by molar-refractivity contribution is 6.43. The zero-order valence-electron chi connectivity index (χ0n) is 11.8. The molecule has 0 aliphatic rings. The van der Waals surface area contributed by atoms with Gasteiger partial charge >= 0.3 is 0 Å². The fourth-order valence-corrected chi connectivity index (χ4v) is 2.43. The largest absolute Gasteiger partial charge is 0.419 e. The molecule has 1 aromatic heterocycles. The molecule has 0 amide bonds. The first-order valence-electron chi connectivity index (χ1n) is 6.71. The molecule has 0 aliphatic carbocycles. The number of aromatic nitrogens is 2. The Labute approximate surface area is 138 Å². The average molecular weight is 334 g/mol. The number of benzene rings is 2. The molecule has 1 heterocycles. The summed E-state index contributed by atoms with van der Waals surface area (Å²) in [5.74, 6) is 0.987. The molecule has 0 saturated carbocycles. The molecule has 0 spiro atoms. The molecule has 0 aliphatic heterocycles. The van der Waals surface area contributed by atoms with Crippen LogP contribution in [-0.2, 0) is 6.54 Å². The van der Waals surface area contributed by atoms with E-state index >= 15 is 0 Å². The van der Waals surface area contributed by atoms with E-state index in [9.17, 15) is 0 Å². The number of hydrogen-bond donors (Lipinski definition) is 1. The van der Waals surface area contributed by atoms with E-state index in [1.807, 2.05) is 43.3 Å². The molecule has 1 N–H and O–H groups in total. The van der Waals surface area contributed by atoms with Crippen LogP contribution in [0.4, 0.5) is 5.69 Å². The topological polar surface area (TPSA) is 51.0 Å². The number of nitrogens with one attached hydrogen (secondary N) is 1. The van der Waals surface area contributed by atoms with Crippen molar-refractivity contribution in [2.24, 2.45) is 0 Å². The van der Waals surface area contributed by atoms with Gasteiger partial charge in [-0.15, -0.1) is 10.2 Å². The Morgan fingerprint density at radius 3 is 2.68 bits per heavy atom. The van der Waals surface area contributed by atoms with Gasteiger partial charge in [0.1, 0.15) is 0 Å². The number of hydrogen-bond acceptors (Lipinski definition) is 4. The Kier molecular flexibility index (Phi) is 4.32. The van der Waals surface area contributed by atoms with Crippen molar-refractivity contribution in [2.45, 2.75) is 13.5 Å². The van der Waals surface area contributed by atoms with Crippen LogP contribution in [0.2, 0.25) is 10.0 Å². The van der Waals surface area contributed by atoms with Gasteiger partial charge in [-0.2, -0.15) is 0 Å². The second-order valence-electron chi connectivity index (χ2n) is 4.77. The minimum atomic E-state index is 0.374. The fourth-order valence-electron chi connectivity index (χ4n) is 2.06. The van der Waals surface area contributed by atoms with Crippen LogP contribution < -0.4 is 5.32 Å². The summed E-state index contributed by atoms with van der Waals surface area (Å²) in [7, 11) is 0. The average Bonchev–Trinajstić information content (AvgIpc) is 2.98. The summed E-state index contributed by atoms with van der Waals surface area (Å²) in [6.45, 7) is 2.38. The Hall–Kier alpha value is -2.04. The summed E-state index contributed by atoms with van der Waals surface area (Å²) < 4.78 is 5.68. The smallest absolute Gasteiger partial charge is 0.248 e. The summed E-state index contributed by atoms with van der Waals surface area (Å²) in [6, 6.07) is 13.3. The molecule has 0 saturated heterocycles. The van der Waals surface area contributed by atoms with Crippen LogP contribution >= 0.6 is 23.2 Å². The lowest BCUT2D eigenvalue weighted by Crippen LogP contribution is -2.00. The molecule has 0 fully saturated rings. The molecule has 4 nitrogen and oxygen atoms in total. The van der Waals surface area contributed by atoms with E-state index in [4.69, 9.17) is 27.6 Å². The summed E-state index contributed by atoms with van der Waals surface area (Å²) in [5, 5.41) is 12.2. The van der Waals surface area contributed by atoms with Gasteiger partial charge in [0.05, 0.1) is 22.3 Å². The van der Waals surface area contributed by atoms with Crippen LogP contribution in [0.3, 0.4) is 0 Å². The lowest BCUT2D eigenvalue weighted by Gasteiger charge is -2.06. The third-order valence-electron chi connectivity index (χ3n) is 3.22. The van der Waals surface area contributed by atoms with Crippen molar-refractivity contribution in [3.63, 3.8) is 0 Å². The minimum Gasteiger partial charge on any atom is -0.419 e. The molecule has 0 radical (unpaired) electrons. The van der Waals surface area contributed by atoms with E-state index in [-0.39, 0.29) is 0 Å². The molecule has 3 aromatic rings. The third kappa shape index (κ3) is 3.08. The van der Waals surface area contributed by atoms with Gasteiger partial charge in [-0.25, -0.2) is 0 Å². The van der Waals surface area contributed by atoms with E-state index in [0.717, 1.165) is 16.8 Å². The van der Waals surface area contributed by atoms with Crippen LogP contribution in [0.15, 0.2) is 46.9 Å². The van der Waals surface area contributed by atoms with Crippen LogP contribution in [0, 0.1) is 6.92 Å². The van der Waals surface area contributed by atoms with Crippen LogP contribution in [0.5, 0.6) is 0 Å². The number of nitrogens with zero attached hydrogens (tertiary/aromatic N) is 2. The van der Waals surface area contributed by atoms with Gasteiger partial charge in [0, 0.05) is 5.56 Å². The molecule has 0 unspecified atom stereocenters. The highest BCUT2D eigenvalue weighted by Crippen LogP contribution is 2.30. The molecule has 22 heavy (non-hydrogen) atoms. The van der Waals surface area contributed by atoms with Crippen LogP contribution in [-0.4, -0.2) is 10.2 Å². The Morgan fingerprint density at radius 2 is 1.86 bits per heavy atom. The van der Waals surface area contributed by atoms with Gasteiger partial charge in [0.15, 0.2) is 0 Å². The van der Waals surface area contributed by atoms with Gasteiger partial charge < -0.3 is 9.73 Å². The zero-order chi connectivity index (χ0) is 15.5. The number of aryl methyl sites for hydroxylation is 1. The lowest BCUT2D eigenvalue weighted by atomic mass is 10.1. The van der Waals surface area contributed by atoms with E-state index in [1.165, 1.54) is 0 Å². The second-order valence-corrected chi connectivity index (χ2v) is 5.56. The second kappa shape index (κ2) is 6.38. The van der Waals surface area contributed by atoms with Crippen molar-refractivity contribution in [1.29, 1.82) is 0 Å². The van der Waals surface area contributed by atoms with E-state index in [0.29, 0.717) is 28.4 Å². The van der Waals surface area contributed by atoms with Crippen molar-refractivity contribution < 1.29 is 4.42 Å². The molecule has 0 bridgehead atoms. The van der Waals surface area contributed by atoms with E-state index in [1.54, 1.807) is 6.07 Å². The summed E-state index contributed by atoms with van der Waals surface area (Å²) in [5.41, 5.74) is 2.75. The molecular weight excluding hydrogens is 321 g/mol. The summed E-state index contributed by atoms with van der Waals surface area (Å²) >= 11 is 12.1. The first kappa shape index (κ1) is 14.9. The van der Waals surface area contributed by atoms with Crippen LogP contribution in [0.25, 0.3) is 11.5 Å². The predicted molar refractivity (Wildman–Crippen MR) is 88.3 cm³/mol. The van der Waals surface area contributed by atoms with Gasteiger partial charge in [-0.05, 0) is 30.7 Å². The Balaban J connectivity index is 1.75. The number of rotatable bonds is 4. The Morgan fingerprint density at radius 1 is 1.05 bits per heavy atom. The van der Waals surface area contributed by atoms with Crippen LogP contribution in [0.1, 0.15) is 11.5 Å². The standard InChI is InChI=1S/C16H13Cl2N3O/c1-10-5-2-3-6-11(10)16-21-20-14(22-16)9-19-13-8-4-7-12(17)15(13)18/h2-8,19H,9H2,1H3. The maximum atomic E-state index is 6.12. The number of halogens is 2. The highest BCUT2D eigenvalue weighted by Gasteiger charge is 2.11. The first-order chi connectivity index (χ1) is 10.6. The Bertz CT molecular complexity index is 802. The van der Waals surface area contributed by atoms with Crippen molar-refractivity contribution >= 4 is 28.9 Å². The minimum absolute atomic E-state index is 0.374. The summed E-state index contributed by atoms with van der Waals surface area (Å²) in [6.07, 6.45) is 0. The normalized spacial score (nSPS) is 10.7. The van der Waals surface area contributed by atoms with E-state index in [2.05, 4.69) is 15.5 Å². The molecule has 112 valence electrons. The highest BCUT2D eigenvalue weighted by atomic mass is 35.5. The fraction of sp³-hybridized carbons (Fsp3) is 0.125. The molecule has 3 rings (SSSR count). The molecular formula is C16H13Cl2N3O. The quantitative estimate of drug-likeness (QED) is 0.732. The third-order valence-corrected chi connectivity index (χ3v) is 4.04. The monoisotopic (exact) mass is 333 g/mol. The van der Waals surface area contributed by atoms with Gasteiger partial charge in [0.25, 0.3) is 0 Å². The maximum absolute atomic E-state index is 6.12. The SMILES string of the molecule is Cc1ccccc1-c1nnc(CNc2cccc(Cl)c2Cl)o1. The van der Waals surface area contributed by atoms with Crippen molar-refractivity contribution in [3.8, 4) is 11.5 Å². The maximum Gasteiger partial charge on any atom is 0.248 e. The lowest BCUT2D eigenvalue weighted by molar-refractivity contribution is 0.514. The summed E-state index contributed by atoms with van der Waals surface area (Å²) in [4.78, 5) is 0. The predicted octanol–water partition coefficient (Wildman–Crippen LogP) is 4.96. The van der Waals surface area contributed by atoms with Gasteiger partial charge in [-0.1, -0.05) is 47.5 Å². The van der Waals surface area contributed by atoms with Gasteiger partial charge in [-0.3, -0.25) is 0 Å². The first-order valence-corrected chi connectivity index (χ1v) is 7.47. The molecule has 0 atom stereocenters. The molecule has 2 aromatic carbocycles.